The molecule has 0 spiro atoms. The normalized spacial score (nSPS) is 28.8. The van der Waals surface area contributed by atoms with Gasteiger partial charge in [-0.15, -0.1) is 0 Å². The molecule has 1 rings (SSSR count). The Morgan fingerprint density at radius 2 is 2.12 bits per heavy atom. The second-order valence-corrected chi connectivity index (χ2v) is 6.26. The first kappa shape index (κ1) is 13.9. The third-order valence-electron chi connectivity index (χ3n) is 3.24. The summed E-state index contributed by atoms with van der Waals surface area (Å²) in [7, 11) is -1.92. The van der Waals surface area contributed by atoms with Crippen molar-refractivity contribution in [3.8, 4) is 0 Å². The molecule has 0 amide bonds. The molecule has 1 saturated carbocycles. The molecule has 1 fully saturated rings. The number of nitrogens with two attached hydrogens (primary N) is 1. The molecule has 0 radical (unpaired) electrons. The van der Waals surface area contributed by atoms with Gasteiger partial charge in [-0.3, -0.25) is 0 Å². The van der Waals surface area contributed by atoms with Crippen LogP contribution in [0.25, 0.3) is 0 Å². The lowest BCUT2D eigenvalue weighted by molar-refractivity contribution is 0.0900. The van der Waals surface area contributed by atoms with Crippen LogP contribution in [0, 0.1) is 5.41 Å². The summed E-state index contributed by atoms with van der Waals surface area (Å²) in [6, 6.07) is -0.0401. The molecule has 96 valence electrons. The summed E-state index contributed by atoms with van der Waals surface area (Å²) in [6.07, 6.45) is 0.679. The van der Waals surface area contributed by atoms with Crippen molar-refractivity contribution in [3.05, 3.63) is 0 Å². The van der Waals surface area contributed by atoms with Gasteiger partial charge in [-0.2, -0.15) is 17.9 Å². The van der Waals surface area contributed by atoms with Crippen LogP contribution in [0.5, 0.6) is 0 Å². The van der Waals surface area contributed by atoms with Crippen LogP contribution in [0.15, 0.2) is 0 Å². The molecule has 0 saturated heterocycles. The summed E-state index contributed by atoms with van der Waals surface area (Å²) < 4.78 is 32.9. The Kier molecular flexibility index (Phi) is 4.30. The van der Waals surface area contributed by atoms with Crippen molar-refractivity contribution >= 4 is 10.2 Å². The van der Waals surface area contributed by atoms with Crippen molar-refractivity contribution in [1.29, 1.82) is 0 Å². The van der Waals surface area contributed by atoms with Gasteiger partial charge in [0.15, 0.2) is 0 Å². The Hall–Kier alpha value is -0.210. The molecule has 0 aliphatic heterocycles. The van der Waals surface area contributed by atoms with E-state index in [-0.39, 0.29) is 24.0 Å². The van der Waals surface area contributed by atoms with Crippen molar-refractivity contribution in [2.75, 3.05) is 20.3 Å². The predicted octanol–water partition coefficient (Wildman–Crippen LogP) is -0.817. The molecule has 0 heterocycles. The first-order valence-electron chi connectivity index (χ1n) is 5.31. The highest BCUT2D eigenvalue weighted by molar-refractivity contribution is 7.87. The summed E-state index contributed by atoms with van der Waals surface area (Å²) in [5.41, 5.74) is 5.63. The van der Waals surface area contributed by atoms with Gasteiger partial charge in [-0.05, 0) is 11.8 Å². The van der Waals surface area contributed by atoms with E-state index in [9.17, 15) is 8.42 Å². The van der Waals surface area contributed by atoms with Crippen LogP contribution in [-0.2, 0) is 14.9 Å². The SMILES string of the molecule is COCCNS(=O)(=O)NC1CC(N)C1(C)C. The van der Waals surface area contributed by atoms with E-state index in [0.29, 0.717) is 13.0 Å². The average molecular weight is 251 g/mol. The lowest BCUT2D eigenvalue weighted by Crippen LogP contribution is -2.65. The molecular formula is C9H21N3O3S. The number of nitrogens with one attached hydrogen (secondary N) is 2. The minimum Gasteiger partial charge on any atom is -0.383 e. The molecule has 2 unspecified atom stereocenters. The quantitative estimate of drug-likeness (QED) is 0.538. The highest BCUT2D eigenvalue weighted by Gasteiger charge is 2.47. The number of hydrogen-bond acceptors (Lipinski definition) is 4. The molecule has 2 atom stereocenters. The largest absolute Gasteiger partial charge is 0.383 e. The molecule has 0 aromatic rings. The van der Waals surface area contributed by atoms with Crippen LogP contribution in [0.2, 0.25) is 0 Å². The Labute approximate surface area is 97.1 Å². The summed E-state index contributed by atoms with van der Waals surface area (Å²) in [4.78, 5) is 0. The number of rotatable bonds is 6. The zero-order chi connectivity index (χ0) is 12.4. The van der Waals surface area contributed by atoms with Gasteiger partial charge in [0.05, 0.1) is 6.61 Å². The molecule has 0 aromatic heterocycles. The molecule has 6 nitrogen and oxygen atoms in total. The van der Waals surface area contributed by atoms with E-state index >= 15 is 0 Å². The van der Waals surface area contributed by atoms with E-state index in [1.807, 2.05) is 13.8 Å². The summed E-state index contributed by atoms with van der Waals surface area (Å²) in [5.74, 6) is 0. The zero-order valence-electron chi connectivity index (χ0n) is 9.99. The van der Waals surface area contributed by atoms with Crippen LogP contribution in [0.3, 0.4) is 0 Å². The molecule has 0 bridgehead atoms. The maximum atomic E-state index is 11.6. The molecule has 4 N–H and O–H groups in total. The van der Waals surface area contributed by atoms with E-state index in [1.165, 1.54) is 7.11 Å². The van der Waals surface area contributed by atoms with Gasteiger partial charge in [0.25, 0.3) is 10.2 Å². The van der Waals surface area contributed by atoms with Crippen molar-refractivity contribution in [2.45, 2.75) is 32.4 Å². The minimum atomic E-state index is -3.44. The number of hydrogen-bond donors (Lipinski definition) is 3. The highest BCUT2D eigenvalue weighted by atomic mass is 32.2. The van der Waals surface area contributed by atoms with Crippen molar-refractivity contribution in [2.24, 2.45) is 11.1 Å². The predicted molar refractivity (Wildman–Crippen MR) is 62.1 cm³/mol. The second kappa shape index (κ2) is 4.97. The second-order valence-electron chi connectivity index (χ2n) is 4.72. The highest BCUT2D eigenvalue weighted by Crippen LogP contribution is 2.39. The van der Waals surface area contributed by atoms with Crippen molar-refractivity contribution in [3.63, 3.8) is 0 Å². The maximum Gasteiger partial charge on any atom is 0.277 e. The van der Waals surface area contributed by atoms with Gasteiger partial charge in [0, 0.05) is 25.7 Å². The van der Waals surface area contributed by atoms with E-state index in [4.69, 9.17) is 10.5 Å². The van der Waals surface area contributed by atoms with Crippen molar-refractivity contribution in [1.82, 2.24) is 9.44 Å². The monoisotopic (exact) mass is 251 g/mol. The maximum absolute atomic E-state index is 11.6. The fraction of sp³-hybridized carbons (Fsp3) is 1.00. The van der Waals surface area contributed by atoms with E-state index < -0.39 is 10.2 Å². The molecular weight excluding hydrogens is 230 g/mol. The molecule has 0 aromatic carbocycles. The third kappa shape index (κ3) is 3.14. The number of methoxy groups -OCH3 is 1. The fourth-order valence-electron chi connectivity index (χ4n) is 1.67. The van der Waals surface area contributed by atoms with Crippen LogP contribution < -0.4 is 15.2 Å². The van der Waals surface area contributed by atoms with Gasteiger partial charge in [-0.25, -0.2) is 0 Å². The van der Waals surface area contributed by atoms with Crippen LogP contribution in [0.4, 0.5) is 0 Å². The standard InChI is InChI=1S/C9H21N3O3S/c1-9(2)7(10)6-8(9)12-16(13,14)11-4-5-15-3/h7-8,11-12H,4-6,10H2,1-3H3. The van der Waals surface area contributed by atoms with Gasteiger partial charge >= 0.3 is 0 Å². The summed E-state index contributed by atoms with van der Waals surface area (Å²) in [6.45, 7) is 4.55. The lowest BCUT2D eigenvalue weighted by atomic mass is 9.64. The zero-order valence-corrected chi connectivity index (χ0v) is 10.8. The molecule has 7 heteroatoms. The van der Waals surface area contributed by atoms with Gasteiger partial charge in [-0.1, -0.05) is 13.8 Å². The first-order chi connectivity index (χ1) is 7.29. The Bertz CT molecular complexity index is 329. The van der Waals surface area contributed by atoms with Crippen LogP contribution in [-0.4, -0.2) is 40.8 Å². The summed E-state index contributed by atoms with van der Waals surface area (Å²) >= 11 is 0. The summed E-state index contributed by atoms with van der Waals surface area (Å²) in [5, 5.41) is 0. The fourth-order valence-corrected chi connectivity index (χ4v) is 2.88. The van der Waals surface area contributed by atoms with Crippen molar-refractivity contribution < 1.29 is 13.2 Å². The third-order valence-corrected chi connectivity index (χ3v) is 4.42. The van der Waals surface area contributed by atoms with E-state index in [2.05, 4.69) is 9.44 Å². The van der Waals surface area contributed by atoms with Crippen LogP contribution >= 0.6 is 0 Å². The van der Waals surface area contributed by atoms with Gasteiger partial charge < -0.3 is 10.5 Å². The Balaban J connectivity index is 2.42. The molecule has 1 aliphatic carbocycles. The smallest absolute Gasteiger partial charge is 0.277 e. The van der Waals surface area contributed by atoms with E-state index in [0.717, 1.165) is 0 Å². The Morgan fingerprint density at radius 1 is 1.50 bits per heavy atom. The topological polar surface area (TPSA) is 93.4 Å². The minimum absolute atomic E-state index is 0.0548. The average Bonchev–Trinajstić information content (AvgIpc) is 2.17. The first-order valence-corrected chi connectivity index (χ1v) is 6.79. The molecule has 1 aliphatic rings. The Morgan fingerprint density at radius 3 is 2.56 bits per heavy atom. The van der Waals surface area contributed by atoms with Gasteiger partial charge in [0.2, 0.25) is 0 Å². The number of ether oxygens (including phenoxy) is 1. The molecule has 16 heavy (non-hydrogen) atoms. The lowest BCUT2D eigenvalue weighted by Gasteiger charge is -2.50. The van der Waals surface area contributed by atoms with Crippen LogP contribution in [0.1, 0.15) is 20.3 Å². The van der Waals surface area contributed by atoms with Gasteiger partial charge in [0.1, 0.15) is 0 Å². The van der Waals surface area contributed by atoms with E-state index in [1.54, 1.807) is 0 Å².